The van der Waals surface area contributed by atoms with Crippen LogP contribution in [-0.4, -0.2) is 23.8 Å². The normalized spacial score (nSPS) is 17.6. The molecule has 0 saturated heterocycles. The molecule has 0 amide bonds. The quantitative estimate of drug-likeness (QED) is 0.567. The molecule has 0 bridgehead atoms. The van der Waals surface area contributed by atoms with Gasteiger partial charge in [-0.05, 0) is 37.8 Å². The molecule has 1 saturated carbocycles. The lowest BCUT2D eigenvalue weighted by molar-refractivity contribution is 0.260. The second-order valence-corrected chi connectivity index (χ2v) is 7.07. The van der Waals surface area contributed by atoms with Crippen molar-refractivity contribution in [3.05, 3.63) is 24.4 Å². The minimum absolute atomic E-state index is 0.0479. The summed E-state index contributed by atoms with van der Waals surface area (Å²) >= 11 is 0. The number of pyridine rings is 1. The van der Waals surface area contributed by atoms with E-state index in [4.69, 9.17) is 5.84 Å². The maximum atomic E-state index is 12.7. The number of fused-ring (bicyclic) bond motifs is 1. The van der Waals surface area contributed by atoms with E-state index in [1.165, 1.54) is 10.8 Å². The van der Waals surface area contributed by atoms with Gasteiger partial charge < -0.3 is 5.43 Å². The van der Waals surface area contributed by atoms with Crippen LogP contribution in [0.25, 0.3) is 5.65 Å². The molecule has 1 fully saturated rings. The number of rotatable bonds is 5. The van der Waals surface area contributed by atoms with Crippen molar-refractivity contribution < 1.29 is 8.42 Å². The van der Waals surface area contributed by atoms with Crippen molar-refractivity contribution in [1.29, 1.82) is 0 Å². The van der Waals surface area contributed by atoms with Gasteiger partial charge in [-0.2, -0.15) is 0 Å². The Morgan fingerprint density at radius 2 is 2.19 bits per heavy atom. The first-order valence-electron chi connectivity index (χ1n) is 6.99. The summed E-state index contributed by atoms with van der Waals surface area (Å²) in [4.78, 5) is 4.19. The van der Waals surface area contributed by atoms with Crippen molar-refractivity contribution in [2.24, 2.45) is 11.8 Å². The Bertz CT molecular complexity index is 751. The molecule has 0 aromatic carbocycles. The lowest BCUT2D eigenvalue weighted by Crippen LogP contribution is -2.41. The molecular formula is C13H19N5O2S. The average Bonchev–Trinajstić information content (AvgIpc) is 2.74. The predicted molar refractivity (Wildman–Crippen MR) is 80.1 cm³/mol. The number of nitrogens with one attached hydrogen (secondary N) is 2. The summed E-state index contributed by atoms with van der Waals surface area (Å²) in [6.45, 7) is 1.90. The zero-order valence-electron chi connectivity index (χ0n) is 11.8. The van der Waals surface area contributed by atoms with Crippen LogP contribution in [0.1, 0.15) is 26.2 Å². The second-order valence-electron chi connectivity index (χ2n) is 5.44. The predicted octanol–water partition coefficient (Wildman–Crippen LogP) is 1.09. The van der Waals surface area contributed by atoms with Crippen molar-refractivity contribution in [3.8, 4) is 0 Å². The van der Waals surface area contributed by atoms with Crippen LogP contribution in [-0.2, 0) is 10.0 Å². The van der Waals surface area contributed by atoms with Crippen molar-refractivity contribution in [1.82, 2.24) is 14.1 Å². The Labute approximate surface area is 123 Å². The van der Waals surface area contributed by atoms with Crippen LogP contribution in [0.15, 0.2) is 29.4 Å². The first-order chi connectivity index (χ1) is 10.0. The molecule has 8 heteroatoms. The lowest BCUT2D eigenvalue weighted by Gasteiger charge is -2.31. The van der Waals surface area contributed by atoms with Crippen molar-refractivity contribution in [3.63, 3.8) is 0 Å². The van der Waals surface area contributed by atoms with Crippen LogP contribution >= 0.6 is 0 Å². The first kappa shape index (κ1) is 14.3. The molecule has 7 nitrogen and oxygen atoms in total. The van der Waals surface area contributed by atoms with Crippen LogP contribution in [0, 0.1) is 5.92 Å². The number of aromatic nitrogens is 2. The van der Waals surface area contributed by atoms with E-state index in [-0.39, 0.29) is 16.9 Å². The SMILES string of the molecule is CC(NS(=O)(=O)c1c(NN)nc2ccccn12)C1CCC1. The van der Waals surface area contributed by atoms with Gasteiger partial charge in [0, 0.05) is 12.2 Å². The highest BCUT2D eigenvalue weighted by Crippen LogP contribution is 2.30. The summed E-state index contributed by atoms with van der Waals surface area (Å²) in [5.74, 6) is 5.98. The first-order valence-corrected chi connectivity index (χ1v) is 8.47. The van der Waals surface area contributed by atoms with Gasteiger partial charge >= 0.3 is 0 Å². The van der Waals surface area contributed by atoms with Crippen LogP contribution in [0.3, 0.4) is 0 Å². The van der Waals surface area contributed by atoms with E-state index in [9.17, 15) is 8.42 Å². The molecule has 3 rings (SSSR count). The van der Waals surface area contributed by atoms with Crippen molar-refractivity contribution in [2.45, 2.75) is 37.3 Å². The van der Waals surface area contributed by atoms with E-state index in [0.29, 0.717) is 11.6 Å². The molecule has 1 unspecified atom stereocenters. The third-order valence-corrected chi connectivity index (χ3v) is 5.66. The molecule has 1 aliphatic carbocycles. The maximum Gasteiger partial charge on any atom is 0.260 e. The largest absolute Gasteiger partial charge is 0.306 e. The van der Waals surface area contributed by atoms with Gasteiger partial charge in [-0.15, -0.1) is 0 Å². The molecule has 1 atom stereocenters. The molecule has 21 heavy (non-hydrogen) atoms. The van der Waals surface area contributed by atoms with Gasteiger partial charge in [-0.1, -0.05) is 12.5 Å². The third kappa shape index (κ3) is 2.50. The number of imidazole rings is 1. The van der Waals surface area contributed by atoms with Crippen LogP contribution in [0.2, 0.25) is 0 Å². The fourth-order valence-electron chi connectivity index (χ4n) is 2.66. The summed E-state index contributed by atoms with van der Waals surface area (Å²) in [7, 11) is -3.70. The highest BCUT2D eigenvalue weighted by molar-refractivity contribution is 7.89. The molecule has 1 aliphatic rings. The van der Waals surface area contributed by atoms with Gasteiger partial charge in [-0.3, -0.25) is 4.40 Å². The molecule has 0 spiro atoms. The number of anilines is 1. The van der Waals surface area contributed by atoms with E-state index in [2.05, 4.69) is 15.1 Å². The zero-order chi connectivity index (χ0) is 15.0. The Kier molecular flexibility index (Phi) is 3.60. The number of sulfonamides is 1. The monoisotopic (exact) mass is 309 g/mol. The molecule has 114 valence electrons. The minimum Gasteiger partial charge on any atom is -0.306 e. The van der Waals surface area contributed by atoms with Gasteiger partial charge in [0.15, 0.2) is 10.8 Å². The zero-order valence-corrected chi connectivity index (χ0v) is 12.6. The number of nitrogen functional groups attached to an aromatic ring is 1. The van der Waals surface area contributed by atoms with Crippen LogP contribution in [0.5, 0.6) is 0 Å². The summed E-state index contributed by atoms with van der Waals surface area (Å²) in [6.07, 6.45) is 4.96. The standard InChI is InChI=1S/C13H19N5O2S/c1-9(10-5-4-6-10)17-21(19,20)13-12(16-14)15-11-7-2-3-8-18(11)13/h2-3,7-10,16-17H,4-6,14H2,1H3. The van der Waals surface area contributed by atoms with E-state index in [1.807, 2.05) is 6.92 Å². The fraction of sp³-hybridized carbons (Fsp3) is 0.462. The minimum atomic E-state index is -3.70. The number of nitrogens with two attached hydrogens (primary N) is 1. The Balaban J connectivity index is 2.01. The fourth-order valence-corrected chi connectivity index (χ4v) is 4.23. The molecular weight excluding hydrogens is 290 g/mol. The molecule has 0 aliphatic heterocycles. The summed E-state index contributed by atoms with van der Waals surface area (Å²) in [6, 6.07) is 5.19. The number of hydrogen-bond donors (Lipinski definition) is 3. The maximum absolute atomic E-state index is 12.7. The lowest BCUT2D eigenvalue weighted by atomic mass is 9.81. The van der Waals surface area contributed by atoms with Gasteiger partial charge in [-0.25, -0.2) is 24.0 Å². The topological polar surface area (TPSA) is 102 Å². The van der Waals surface area contributed by atoms with Crippen molar-refractivity contribution >= 4 is 21.5 Å². The summed E-state index contributed by atoms with van der Waals surface area (Å²) < 4.78 is 29.6. The number of nitrogens with zero attached hydrogens (tertiary/aromatic N) is 2. The highest BCUT2D eigenvalue weighted by atomic mass is 32.2. The van der Waals surface area contributed by atoms with Gasteiger partial charge in [0.1, 0.15) is 5.65 Å². The summed E-state index contributed by atoms with van der Waals surface area (Å²) in [5.41, 5.74) is 2.90. The Morgan fingerprint density at radius 1 is 1.43 bits per heavy atom. The Hall–Kier alpha value is -1.64. The number of hydrazine groups is 1. The van der Waals surface area contributed by atoms with Gasteiger partial charge in [0.2, 0.25) is 0 Å². The van der Waals surface area contributed by atoms with E-state index in [0.717, 1.165) is 12.8 Å². The molecule has 2 aromatic heterocycles. The van der Waals surface area contributed by atoms with E-state index >= 15 is 0 Å². The van der Waals surface area contributed by atoms with Gasteiger partial charge in [0.25, 0.3) is 10.0 Å². The van der Waals surface area contributed by atoms with Crippen LogP contribution in [0.4, 0.5) is 5.82 Å². The van der Waals surface area contributed by atoms with Crippen LogP contribution < -0.4 is 16.0 Å². The molecule has 2 heterocycles. The Morgan fingerprint density at radius 3 is 2.81 bits per heavy atom. The highest BCUT2D eigenvalue weighted by Gasteiger charge is 2.31. The van der Waals surface area contributed by atoms with E-state index < -0.39 is 10.0 Å². The second kappa shape index (κ2) is 5.28. The number of hydrogen-bond acceptors (Lipinski definition) is 5. The smallest absolute Gasteiger partial charge is 0.260 e. The van der Waals surface area contributed by atoms with E-state index in [1.54, 1.807) is 24.4 Å². The molecule has 4 N–H and O–H groups in total. The summed E-state index contributed by atoms with van der Waals surface area (Å²) in [5, 5.41) is 0.0479. The molecule has 2 aromatic rings. The third-order valence-electron chi connectivity index (χ3n) is 4.08. The average molecular weight is 309 g/mol. The van der Waals surface area contributed by atoms with Crippen molar-refractivity contribution in [2.75, 3.05) is 5.43 Å². The van der Waals surface area contributed by atoms with Gasteiger partial charge in [0.05, 0.1) is 0 Å². The molecule has 0 radical (unpaired) electrons.